The minimum atomic E-state index is -0.119. The molecule has 0 fully saturated rings. The van der Waals surface area contributed by atoms with Crippen molar-refractivity contribution in [3.8, 4) is 0 Å². The number of hydrazone groups is 1. The smallest absolute Gasteiger partial charge is 0.255 e. The van der Waals surface area contributed by atoms with E-state index in [2.05, 4.69) is 5.10 Å². The summed E-state index contributed by atoms with van der Waals surface area (Å²) in [5, 5.41) is 5.77. The molecule has 4 heteroatoms. The summed E-state index contributed by atoms with van der Waals surface area (Å²) in [4.78, 5) is 12.0. The topological polar surface area (TPSA) is 58.7 Å². The Morgan fingerprint density at radius 3 is 2.81 bits per heavy atom. The Morgan fingerprint density at radius 1 is 1.50 bits per heavy atom. The number of hydrogen-bond acceptors (Lipinski definition) is 3. The fraction of sp³-hybridized carbons (Fsp3) is 0.333. The molecule has 0 radical (unpaired) electrons. The fourth-order valence-corrected chi connectivity index (χ4v) is 1.81. The van der Waals surface area contributed by atoms with Crippen LogP contribution in [0.2, 0.25) is 0 Å². The Kier molecular flexibility index (Phi) is 2.64. The van der Waals surface area contributed by atoms with Crippen molar-refractivity contribution < 1.29 is 4.79 Å². The van der Waals surface area contributed by atoms with Crippen molar-refractivity contribution in [3.63, 3.8) is 0 Å². The lowest BCUT2D eigenvalue weighted by Crippen LogP contribution is -2.25. The lowest BCUT2D eigenvalue weighted by Gasteiger charge is -2.12. The van der Waals surface area contributed by atoms with Gasteiger partial charge in [0.2, 0.25) is 0 Å². The maximum Gasteiger partial charge on any atom is 0.255 e. The van der Waals surface area contributed by atoms with Gasteiger partial charge in [0.1, 0.15) is 0 Å². The lowest BCUT2D eigenvalue weighted by atomic mass is 10.0. The summed E-state index contributed by atoms with van der Waals surface area (Å²) in [5.74, 6) is -0.103. The van der Waals surface area contributed by atoms with Crippen LogP contribution in [-0.4, -0.2) is 11.6 Å². The van der Waals surface area contributed by atoms with E-state index < -0.39 is 0 Å². The van der Waals surface area contributed by atoms with E-state index in [1.165, 1.54) is 5.01 Å². The zero-order valence-corrected chi connectivity index (χ0v) is 9.47. The van der Waals surface area contributed by atoms with Crippen molar-refractivity contribution in [2.24, 2.45) is 11.0 Å². The predicted octanol–water partition coefficient (Wildman–Crippen LogP) is 2.02. The molecule has 16 heavy (non-hydrogen) atoms. The van der Waals surface area contributed by atoms with E-state index in [1.807, 2.05) is 26.0 Å². The van der Waals surface area contributed by atoms with Gasteiger partial charge in [0.25, 0.3) is 5.91 Å². The average Bonchev–Trinajstić information content (AvgIpc) is 2.56. The van der Waals surface area contributed by atoms with E-state index in [4.69, 9.17) is 5.73 Å². The van der Waals surface area contributed by atoms with Crippen LogP contribution in [0, 0.1) is 5.92 Å². The number of anilines is 2. The van der Waals surface area contributed by atoms with E-state index in [1.54, 1.807) is 12.1 Å². The molecular formula is C12H15N3O. The Balaban J connectivity index is 2.36. The first-order valence-corrected chi connectivity index (χ1v) is 5.40. The number of rotatable bonds is 2. The second-order valence-corrected chi connectivity index (χ2v) is 3.91. The van der Waals surface area contributed by atoms with E-state index in [0.29, 0.717) is 5.69 Å². The van der Waals surface area contributed by atoms with Crippen LogP contribution in [0.15, 0.2) is 29.4 Å². The van der Waals surface area contributed by atoms with E-state index in [-0.39, 0.29) is 11.8 Å². The summed E-state index contributed by atoms with van der Waals surface area (Å²) in [6, 6.07) is 7.20. The quantitative estimate of drug-likeness (QED) is 0.770. The van der Waals surface area contributed by atoms with Crippen LogP contribution in [0.5, 0.6) is 0 Å². The normalized spacial score (nSPS) is 20.1. The maximum absolute atomic E-state index is 12.0. The molecule has 1 unspecified atom stereocenters. The molecule has 2 N–H and O–H groups in total. The molecule has 0 saturated heterocycles. The van der Waals surface area contributed by atoms with Crippen LogP contribution >= 0.6 is 0 Å². The highest BCUT2D eigenvalue weighted by Gasteiger charge is 2.31. The summed E-state index contributed by atoms with van der Waals surface area (Å²) in [7, 11) is 0. The van der Waals surface area contributed by atoms with Crippen molar-refractivity contribution in [2.75, 3.05) is 10.7 Å². The second-order valence-electron chi connectivity index (χ2n) is 3.91. The molecule has 0 bridgehead atoms. The Bertz CT molecular complexity index is 453. The average molecular weight is 217 g/mol. The zero-order chi connectivity index (χ0) is 11.7. The van der Waals surface area contributed by atoms with Crippen LogP contribution in [0.4, 0.5) is 11.4 Å². The highest BCUT2D eigenvalue weighted by atomic mass is 16.2. The first-order valence-electron chi connectivity index (χ1n) is 5.40. The lowest BCUT2D eigenvalue weighted by molar-refractivity contribution is -0.119. The van der Waals surface area contributed by atoms with Crippen molar-refractivity contribution in [3.05, 3.63) is 24.3 Å². The van der Waals surface area contributed by atoms with Gasteiger partial charge in [-0.3, -0.25) is 4.79 Å². The molecule has 1 atom stereocenters. The Hall–Kier alpha value is -1.84. The summed E-state index contributed by atoms with van der Waals surface area (Å²) in [6.45, 7) is 3.89. The van der Waals surface area contributed by atoms with Gasteiger partial charge in [-0.25, -0.2) is 5.01 Å². The van der Waals surface area contributed by atoms with E-state index >= 15 is 0 Å². The molecular weight excluding hydrogens is 202 g/mol. The van der Waals surface area contributed by atoms with Gasteiger partial charge < -0.3 is 5.73 Å². The van der Waals surface area contributed by atoms with Gasteiger partial charge in [0.15, 0.2) is 0 Å². The molecule has 0 aliphatic carbocycles. The highest BCUT2D eigenvalue weighted by Crippen LogP contribution is 2.25. The number of carbonyl (C=O) groups excluding carboxylic acids is 1. The molecule has 1 heterocycles. The first-order chi connectivity index (χ1) is 7.63. The van der Waals surface area contributed by atoms with Crippen molar-refractivity contribution in [2.45, 2.75) is 20.3 Å². The van der Waals surface area contributed by atoms with Gasteiger partial charge in [0.05, 0.1) is 17.3 Å². The third-order valence-corrected chi connectivity index (χ3v) is 2.78. The van der Waals surface area contributed by atoms with Gasteiger partial charge in [-0.1, -0.05) is 13.0 Å². The van der Waals surface area contributed by atoms with Crippen molar-refractivity contribution >= 4 is 23.0 Å². The van der Waals surface area contributed by atoms with Gasteiger partial charge in [-0.05, 0) is 31.5 Å². The van der Waals surface area contributed by atoms with Gasteiger partial charge in [-0.15, -0.1) is 0 Å². The van der Waals surface area contributed by atoms with Crippen molar-refractivity contribution in [1.29, 1.82) is 0 Å². The Labute approximate surface area is 94.7 Å². The molecule has 0 spiro atoms. The standard InChI is InChI=1S/C12H15N3O/c1-3-11-8(2)12(16)15(14-11)10-6-4-5-9(13)7-10/h4-8H,3,13H2,1-2H3. The number of benzene rings is 1. The van der Waals surface area contributed by atoms with Gasteiger partial charge in [0, 0.05) is 5.69 Å². The third kappa shape index (κ3) is 1.66. The van der Waals surface area contributed by atoms with E-state index in [9.17, 15) is 4.79 Å². The monoisotopic (exact) mass is 217 g/mol. The first kappa shape index (κ1) is 10.7. The number of nitrogen functional groups attached to an aromatic ring is 1. The molecule has 1 aromatic rings. The second kappa shape index (κ2) is 3.96. The molecule has 0 aromatic heterocycles. The number of nitrogens with zero attached hydrogens (tertiary/aromatic N) is 2. The van der Waals surface area contributed by atoms with Crippen LogP contribution in [-0.2, 0) is 4.79 Å². The zero-order valence-electron chi connectivity index (χ0n) is 9.47. The van der Waals surface area contributed by atoms with Gasteiger partial charge in [-0.2, -0.15) is 5.10 Å². The SMILES string of the molecule is CCC1=NN(c2cccc(N)c2)C(=O)C1C. The summed E-state index contributed by atoms with van der Waals surface area (Å²) in [6.07, 6.45) is 0.797. The minimum Gasteiger partial charge on any atom is -0.399 e. The highest BCUT2D eigenvalue weighted by molar-refractivity contribution is 6.15. The molecule has 0 saturated carbocycles. The summed E-state index contributed by atoms with van der Waals surface area (Å²) in [5.41, 5.74) is 7.98. The predicted molar refractivity (Wildman–Crippen MR) is 65.2 cm³/mol. The fourth-order valence-electron chi connectivity index (χ4n) is 1.81. The number of hydrogen-bond donors (Lipinski definition) is 1. The molecule has 2 rings (SSSR count). The van der Waals surface area contributed by atoms with Crippen LogP contribution in [0.3, 0.4) is 0 Å². The van der Waals surface area contributed by atoms with Crippen LogP contribution < -0.4 is 10.7 Å². The summed E-state index contributed by atoms with van der Waals surface area (Å²) >= 11 is 0. The molecule has 1 aliphatic rings. The van der Waals surface area contributed by atoms with E-state index in [0.717, 1.165) is 17.8 Å². The Morgan fingerprint density at radius 2 is 2.25 bits per heavy atom. The molecule has 1 aliphatic heterocycles. The minimum absolute atomic E-state index is 0.0162. The molecule has 1 amide bonds. The number of carbonyl (C=O) groups is 1. The number of nitrogens with two attached hydrogens (primary N) is 1. The third-order valence-electron chi connectivity index (χ3n) is 2.78. The molecule has 84 valence electrons. The van der Waals surface area contributed by atoms with Crippen LogP contribution in [0.25, 0.3) is 0 Å². The largest absolute Gasteiger partial charge is 0.399 e. The number of amides is 1. The molecule has 1 aromatic carbocycles. The van der Waals surface area contributed by atoms with Gasteiger partial charge >= 0.3 is 0 Å². The van der Waals surface area contributed by atoms with Crippen molar-refractivity contribution in [1.82, 2.24) is 0 Å². The van der Waals surface area contributed by atoms with Crippen LogP contribution in [0.1, 0.15) is 20.3 Å². The summed E-state index contributed by atoms with van der Waals surface area (Å²) < 4.78 is 0. The maximum atomic E-state index is 12.0. The molecule has 4 nitrogen and oxygen atoms in total.